The molecule has 2 aromatic carbocycles. The molecule has 0 aromatic heterocycles. The normalized spacial score (nSPS) is 10.1. The zero-order valence-corrected chi connectivity index (χ0v) is 15.8. The number of ether oxygens (including phenoxy) is 1. The second-order valence-corrected chi connectivity index (χ2v) is 6.83. The van der Waals surface area contributed by atoms with Gasteiger partial charge in [0.25, 0.3) is 5.91 Å². The molecule has 1 amide bonds. The van der Waals surface area contributed by atoms with Crippen LogP contribution >= 0.6 is 11.8 Å². The molecular formula is C20H20N2O3S. The molecule has 0 aliphatic heterocycles. The van der Waals surface area contributed by atoms with Crippen molar-refractivity contribution < 1.29 is 14.3 Å². The summed E-state index contributed by atoms with van der Waals surface area (Å²) in [4.78, 5) is 24.7. The fourth-order valence-electron chi connectivity index (χ4n) is 2.36. The molecular weight excluding hydrogens is 348 g/mol. The number of thioether (sulfide) groups is 1. The second kappa shape index (κ2) is 9.07. The Kier molecular flexibility index (Phi) is 6.81. The zero-order chi connectivity index (χ0) is 19.1. The average molecular weight is 368 g/mol. The van der Waals surface area contributed by atoms with E-state index in [9.17, 15) is 9.59 Å². The van der Waals surface area contributed by atoms with Gasteiger partial charge in [0.1, 0.15) is 5.40 Å². The van der Waals surface area contributed by atoms with Crippen LogP contribution in [0.4, 0.5) is 5.69 Å². The van der Waals surface area contributed by atoms with Crippen LogP contribution in [0, 0.1) is 31.4 Å². The number of thiocyanates is 1. The van der Waals surface area contributed by atoms with Gasteiger partial charge in [-0.05, 0) is 73.0 Å². The molecule has 0 saturated heterocycles. The summed E-state index contributed by atoms with van der Waals surface area (Å²) in [5.74, 6) is -0.844. The number of amides is 1. The minimum Gasteiger partial charge on any atom is -0.455 e. The molecule has 0 fully saturated rings. The minimum atomic E-state index is -0.444. The largest absolute Gasteiger partial charge is 0.455 e. The van der Waals surface area contributed by atoms with E-state index in [1.54, 1.807) is 12.1 Å². The number of nitrogens with zero attached hydrogens (tertiary/aromatic N) is 1. The fourth-order valence-corrected chi connectivity index (χ4v) is 2.83. The highest BCUT2D eigenvalue weighted by atomic mass is 32.2. The van der Waals surface area contributed by atoms with Gasteiger partial charge in [0, 0.05) is 10.6 Å². The first kappa shape index (κ1) is 19.5. The SMILES string of the molecule is Cc1ccc(CC(=O)OCC(=O)Nc2ccc(SC#N)cc2C)cc1C. The molecule has 0 aliphatic carbocycles. The van der Waals surface area contributed by atoms with Crippen molar-refractivity contribution in [3.8, 4) is 5.40 Å². The van der Waals surface area contributed by atoms with E-state index < -0.39 is 11.9 Å². The molecule has 134 valence electrons. The Balaban J connectivity index is 1.85. The van der Waals surface area contributed by atoms with Crippen molar-refractivity contribution in [3.63, 3.8) is 0 Å². The van der Waals surface area contributed by atoms with Crippen molar-refractivity contribution in [1.29, 1.82) is 5.26 Å². The van der Waals surface area contributed by atoms with Crippen LogP contribution < -0.4 is 5.32 Å². The van der Waals surface area contributed by atoms with Gasteiger partial charge >= 0.3 is 5.97 Å². The van der Waals surface area contributed by atoms with Gasteiger partial charge in [0.2, 0.25) is 0 Å². The molecule has 5 nitrogen and oxygen atoms in total. The first-order chi connectivity index (χ1) is 12.4. The molecule has 0 heterocycles. The molecule has 2 rings (SSSR count). The molecule has 0 aliphatic rings. The molecule has 2 aromatic rings. The van der Waals surface area contributed by atoms with Crippen LogP contribution in [-0.2, 0) is 20.7 Å². The molecule has 6 heteroatoms. The third-order valence-electron chi connectivity index (χ3n) is 3.92. The van der Waals surface area contributed by atoms with E-state index in [1.807, 2.05) is 50.4 Å². The van der Waals surface area contributed by atoms with Gasteiger partial charge in [0.05, 0.1) is 6.42 Å². The number of carbonyl (C=O) groups is 2. The molecule has 0 saturated carbocycles. The van der Waals surface area contributed by atoms with Crippen molar-refractivity contribution in [1.82, 2.24) is 0 Å². The summed E-state index contributed by atoms with van der Waals surface area (Å²) in [5, 5.41) is 13.4. The first-order valence-corrected chi connectivity index (χ1v) is 8.89. The fraction of sp³-hybridized carbons (Fsp3) is 0.250. The maximum atomic E-state index is 12.0. The third-order valence-corrected chi connectivity index (χ3v) is 4.50. The number of carbonyl (C=O) groups excluding carboxylic acids is 2. The number of rotatable bonds is 6. The topological polar surface area (TPSA) is 79.2 Å². The Hall–Kier alpha value is -2.78. The maximum absolute atomic E-state index is 12.0. The summed E-state index contributed by atoms with van der Waals surface area (Å²) in [5.41, 5.74) is 4.60. The average Bonchev–Trinajstić information content (AvgIpc) is 2.59. The van der Waals surface area contributed by atoms with E-state index >= 15 is 0 Å². The summed E-state index contributed by atoms with van der Waals surface area (Å²) >= 11 is 1.06. The number of hydrogen-bond acceptors (Lipinski definition) is 5. The van der Waals surface area contributed by atoms with E-state index in [2.05, 4.69) is 5.32 Å². The minimum absolute atomic E-state index is 0.132. The van der Waals surface area contributed by atoms with Gasteiger partial charge in [-0.15, -0.1) is 0 Å². The zero-order valence-electron chi connectivity index (χ0n) is 15.0. The number of benzene rings is 2. The van der Waals surface area contributed by atoms with Crippen LogP contribution in [0.15, 0.2) is 41.3 Å². The van der Waals surface area contributed by atoms with Gasteiger partial charge in [-0.1, -0.05) is 18.2 Å². The summed E-state index contributed by atoms with van der Waals surface area (Å²) in [7, 11) is 0. The van der Waals surface area contributed by atoms with E-state index in [-0.39, 0.29) is 13.0 Å². The van der Waals surface area contributed by atoms with Crippen molar-refractivity contribution in [2.75, 3.05) is 11.9 Å². The van der Waals surface area contributed by atoms with E-state index in [1.165, 1.54) is 0 Å². The number of aryl methyl sites for hydroxylation is 3. The Bertz CT molecular complexity index is 872. The summed E-state index contributed by atoms with van der Waals surface area (Å²) in [6, 6.07) is 11.1. The maximum Gasteiger partial charge on any atom is 0.310 e. The molecule has 0 atom stereocenters. The molecule has 1 N–H and O–H groups in total. The lowest BCUT2D eigenvalue weighted by atomic mass is 10.0. The second-order valence-electron chi connectivity index (χ2n) is 5.97. The standard InChI is InChI=1S/C20H20N2O3S/c1-13-4-5-16(8-14(13)2)10-20(24)25-11-19(23)22-18-7-6-17(26-12-21)9-15(18)3/h4-9H,10-11H2,1-3H3,(H,22,23). The molecule has 26 heavy (non-hydrogen) atoms. The van der Waals surface area contributed by atoms with Crippen LogP contribution in [0.25, 0.3) is 0 Å². The Labute approximate surface area is 157 Å². The molecule has 0 bridgehead atoms. The Morgan fingerprint density at radius 2 is 1.85 bits per heavy atom. The first-order valence-electron chi connectivity index (χ1n) is 8.07. The van der Waals surface area contributed by atoms with Crippen LogP contribution in [0.2, 0.25) is 0 Å². The van der Waals surface area contributed by atoms with Crippen LogP contribution in [-0.4, -0.2) is 18.5 Å². The summed E-state index contributed by atoms with van der Waals surface area (Å²) in [6.45, 7) is 5.50. The molecule has 0 unspecified atom stereocenters. The highest BCUT2D eigenvalue weighted by Gasteiger charge is 2.11. The van der Waals surface area contributed by atoms with Crippen LogP contribution in [0.3, 0.4) is 0 Å². The Morgan fingerprint density at radius 1 is 1.08 bits per heavy atom. The number of esters is 1. The van der Waals surface area contributed by atoms with Crippen molar-refractivity contribution in [2.45, 2.75) is 32.1 Å². The number of anilines is 1. The van der Waals surface area contributed by atoms with E-state index in [0.29, 0.717) is 5.69 Å². The van der Waals surface area contributed by atoms with Gasteiger partial charge < -0.3 is 10.1 Å². The number of nitriles is 1. The predicted octanol–water partition coefficient (Wildman–Crippen LogP) is 3.91. The summed E-state index contributed by atoms with van der Waals surface area (Å²) in [6.07, 6.45) is 0.132. The lowest BCUT2D eigenvalue weighted by molar-refractivity contribution is -0.146. The highest BCUT2D eigenvalue weighted by Crippen LogP contribution is 2.23. The van der Waals surface area contributed by atoms with Crippen LogP contribution in [0.1, 0.15) is 22.3 Å². The van der Waals surface area contributed by atoms with Gasteiger partial charge in [0.15, 0.2) is 6.61 Å². The smallest absolute Gasteiger partial charge is 0.310 e. The third kappa shape index (κ3) is 5.64. The van der Waals surface area contributed by atoms with E-state index in [4.69, 9.17) is 10.00 Å². The van der Waals surface area contributed by atoms with E-state index in [0.717, 1.165) is 38.9 Å². The quantitative estimate of drug-likeness (QED) is 0.475. The number of hydrogen-bond donors (Lipinski definition) is 1. The predicted molar refractivity (Wildman–Crippen MR) is 102 cm³/mol. The van der Waals surface area contributed by atoms with Crippen molar-refractivity contribution in [3.05, 3.63) is 58.7 Å². The van der Waals surface area contributed by atoms with Gasteiger partial charge in [-0.2, -0.15) is 5.26 Å². The van der Waals surface area contributed by atoms with Crippen molar-refractivity contribution >= 4 is 29.3 Å². The molecule has 0 spiro atoms. The monoisotopic (exact) mass is 368 g/mol. The lowest BCUT2D eigenvalue weighted by Gasteiger charge is -2.10. The van der Waals surface area contributed by atoms with Gasteiger partial charge in [-0.25, -0.2) is 0 Å². The lowest BCUT2D eigenvalue weighted by Crippen LogP contribution is -2.22. The van der Waals surface area contributed by atoms with Gasteiger partial charge in [-0.3, -0.25) is 9.59 Å². The van der Waals surface area contributed by atoms with Crippen molar-refractivity contribution in [2.24, 2.45) is 0 Å². The summed E-state index contributed by atoms with van der Waals surface area (Å²) < 4.78 is 5.05. The number of nitrogens with one attached hydrogen (secondary N) is 1. The highest BCUT2D eigenvalue weighted by molar-refractivity contribution is 8.03. The Morgan fingerprint density at radius 3 is 2.50 bits per heavy atom. The molecule has 0 radical (unpaired) electrons. The van der Waals surface area contributed by atoms with Crippen LogP contribution in [0.5, 0.6) is 0 Å².